The Hall–Kier alpha value is -1.39. The number of piperidine rings is 1. The first-order valence-electron chi connectivity index (χ1n) is 7.39. The molecule has 1 fully saturated rings. The fraction of sp³-hybridized carbons (Fsp3) is 0.562. The maximum Gasteiger partial charge on any atom is 0.250 e. The summed E-state index contributed by atoms with van der Waals surface area (Å²) in [6.45, 7) is 5.02. The van der Waals surface area contributed by atoms with Crippen molar-refractivity contribution in [3.8, 4) is 0 Å². The van der Waals surface area contributed by atoms with Crippen LogP contribution in [0.2, 0.25) is 0 Å². The second-order valence-corrected chi connectivity index (χ2v) is 5.47. The zero-order valence-corrected chi connectivity index (χ0v) is 12.2. The molecular weight excluding hydrogens is 252 g/mol. The van der Waals surface area contributed by atoms with Crippen molar-refractivity contribution in [2.24, 2.45) is 5.92 Å². The van der Waals surface area contributed by atoms with Gasteiger partial charge in [0.2, 0.25) is 5.91 Å². The molecule has 1 heterocycles. The van der Waals surface area contributed by atoms with Crippen LogP contribution in [0.25, 0.3) is 0 Å². The zero-order valence-electron chi connectivity index (χ0n) is 12.2. The molecule has 20 heavy (non-hydrogen) atoms. The first-order chi connectivity index (χ1) is 9.74. The summed E-state index contributed by atoms with van der Waals surface area (Å²) < 4.78 is 5.46. The van der Waals surface area contributed by atoms with Gasteiger partial charge < -0.3 is 15.4 Å². The second-order valence-electron chi connectivity index (χ2n) is 5.47. The van der Waals surface area contributed by atoms with Crippen molar-refractivity contribution in [2.75, 3.05) is 31.6 Å². The van der Waals surface area contributed by atoms with Crippen molar-refractivity contribution in [2.45, 2.75) is 26.2 Å². The van der Waals surface area contributed by atoms with Gasteiger partial charge in [-0.15, -0.1) is 0 Å². The molecule has 0 bridgehead atoms. The van der Waals surface area contributed by atoms with E-state index in [1.54, 1.807) is 0 Å². The molecule has 1 atom stereocenters. The minimum atomic E-state index is -0.0858. The van der Waals surface area contributed by atoms with Gasteiger partial charge in [-0.25, -0.2) is 0 Å². The summed E-state index contributed by atoms with van der Waals surface area (Å²) in [7, 11) is 0. The lowest BCUT2D eigenvalue weighted by molar-refractivity contribution is -0.120. The van der Waals surface area contributed by atoms with Crippen molar-refractivity contribution in [1.82, 2.24) is 5.32 Å². The van der Waals surface area contributed by atoms with Gasteiger partial charge in [-0.2, -0.15) is 0 Å². The number of anilines is 1. The average Bonchev–Trinajstić information content (AvgIpc) is 2.45. The molecule has 0 radical (unpaired) electrons. The Balaban J connectivity index is 1.60. The Labute approximate surface area is 120 Å². The van der Waals surface area contributed by atoms with E-state index in [1.807, 2.05) is 31.2 Å². The Morgan fingerprint density at radius 1 is 1.50 bits per heavy atom. The third-order valence-electron chi connectivity index (χ3n) is 3.60. The van der Waals surface area contributed by atoms with Crippen molar-refractivity contribution in [1.29, 1.82) is 0 Å². The molecule has 0 aliphatic carbocycles. The van der Waals surface area contributed by atoms with Crippen LogP contribution in [-0.2, 0) is 9.53 Å². The number of rotatable bonds is 6. The minimum Gasteiger partial charge on any atom is -0.372 e. The first kappa shape index (κ1) is 15.0. The quantitative estimate of drug-likeness (QED) is 0.784. The summed E-state index contributed by atoms with van der Waals surface area (Å²) in [4.78, 5) is 11.7. The van der Waals surface area contributed by atoms with E-state index in [2.05, 4.69) is 10.6 Å². The summed E-state index contributed by atoms with van der Waals surface area (Å²) in [6.07, 6.45) is 3.55. The van der Waals surface area contributed by atoms with E-state index >= 15 is 0 Å². The smallest absolute Gasteiger partial charge is 0.250 e. The topological polar surface area (TPSA) is 50.4 Å². The minimum absolute atomic E-state index is 0.0858. The Morgan fingerprint density at radius 2 is 2.40 bits per heavy atom. The van der Waals surface area contributed by atoms with Gasteiger partial charge in [-0.05, 0) is 62.9 Å². The van der Waals surface area contributed by atoms with Crippen LogP contribution >= 0.6 is 0 Å². The van der Waals surface area contributed by atoms with Crippen LogP contribution in [0.5, 0.6) is 0 Å². The number of ether oxygens (including phenoxy) is 1. The van der Waals surface area contributed by atoms with Crippen LogP contribution in [-0.4, -0.2) is 32.2 Å². The van der Waals surface area contributed by atoms with Crippen molar-refractivity contribution in [3.05, 3.63) is 29.8 Å². The molecule has 2 rings (SSSR count). The molecule has 2 N–H and O–H groups in total. The molecule has 1 amide bonds. The fourth-order valence-corrected chi connectivity index (χ4v) is 2.51. The molecule has 1 aromatic rings. The highest BCUT2D eigenvalue weighted by atomic mass is 16.5. The van der Waals surface area contributed by atoms with Gasteiger partial charge in [0.1, 0.15) is 6.61 Å². The number of nitrogens with one attached hydrogen (secondary N) is 2. The van der Waals surface area contributed by atoms with Crippen LogP contribution in [0, 0.1) is 12.8 Å². The van der Waals surface area contributed by atoms with E-state index in [0.717, 1.165) is 30.8 Å². The average molecular weight is 276 g/mol. The lowest BCUT2D eigenvalue weighted by atomic mass is 9.97. The molecule has 1 aliphatic rings. The summed E-state index contributed by atoms with van der Waals surface area (Å²) >= 11 is 0. The number of hydrogen-bond acceptors (Lipinski definition) is 3. The van der Waals surface area contributed by atoms with E-state index < -0.39 is 0 Å². The number of aryl methyl sites for hydroxylation is 1. The van der Waals surface area contributed by atoms with E-state index in [4.69, 9.17) is 4.74 Å². The van der Waals surface area contributed by atoms with Crippen LogP contribution < -0.4 is 10.6 Å². The van der Waals surface area contributed by atoms with Crippen molar-refractivity contribution >= 4 is 11.6 Å². The van der Waals surface area contributed by atoms with Gasteiger partial charge in [0.15, 0.2) is 0 Å². The maximum atomic E-state index is 11.7. The predicted octanol–water partition coefficient (Wildman–Crippen LogP) is 2.34. The van der Waals surface area contributed by atoms with Gasteiger partial charge in [-0.3, -0.25) is 4.79 Å². The highest BCUT2D eigenvalue weighted by Gasteiger charge is 2.12. The summed E-state index contributed by atoms with van der Waals surface area (Å²) in [5, 5.41) is 6.23. The Morgan fingerprint density at radius 3 is 3.15 bits per heavy atom. The van der Waals surface area contributed by atoms with Gasteiger partial charge in [0.25, 0.3) is 0 Å². The fourth-order valence-electron chi connectivity index (χ4n) is 2.51. The second kappa shape index (κ2) is 8.02. The van der Waals surface area contributed by atoms with E-state index in [1.165, 1.54) is 12.8 Å². The normalized spacial score (nSPS) is 18.8. The zero-order chi connectivity index (χ0) is 14.2. The lowest BCUT2D eigenvalue weighted by Crippen LogP contribution is -2.30. The number of carbonyl (C=O) groups is 1. The van der Waals surface area contributed by atoms with Crippen molar-refractivity contribution in [3.63, 3.8) is 0 Å². The molecule has 4 heteroatoms. The Kier molecular flexibility index (Phi) is 6.02. The molecule has 1 aliphatic heterocycles. The van der Waals surface area contributed by atoms with Crippen LogP contribution in [0.3, 0.4) is 0 Å². The highest BCUT2D eigenvalue weighted by molar-refractivity contribution is 5.91. The molecule has 0 spiro atoms. The standard InChI is InChI=1S/C16H24N2O2/c1-13-4-2-6-15(10-13)18-16(19)12-20-9-7-14-5-3-8-17-11-14/h2,4,6,10,14,17H,3,5,7-9,11-12H2,1H3,(H,18,19). The molecular formula is C16H24N2O2. The number of amides is 1. The van der Waals surface area contributed by atoms with Gasteiger partial charge in [0, 0.05) is 12.3 Å². The van der Waals surface area contributed by atoms with Crippen LogP contribution in [0.1, 0.15) is 24.8 Å². The number of carbonyl (C=O) groups excluding carboxylic acids is 1. The van der Waals surface area contributed by atoms with E-state index in [-0.39, 0.29) is 12.5 Å². The number of benzene rings is 1. The molecule has 1 saturated heterocycles. The molecule has 1 aromatic carbocycles. The van der Waals surface area contributed by atoms with Crippen LogP contribution in [0.15, 0.2) is 24.3 Å². The maximum absolute atomic E-state index is 11.7. The monoisotopic (exact) mass is 276 g/mol. The Bertz CT molecular complexity index is 428. The predicted molar refractivity (Wildman–Crippen MR) is 80.8 cm³/mol. The van der Waals surface area contributed by atoms with E-state index in [0.29, 0.717) is 12.5 Å². The SMILES string of the molecule is Cc1cccc(NC(=O)COCCC2CCCNC2)c1. The third kappa shape index (κ3) is 5.31. The summed E-state index contributed by atoms with van der Waals surface area (Å²) in [5.41, 5.74) is 1.96. The first-order valence-corrected chi connectivity index (χ1v) is 7.39. The van der Waals surface area contributed by atoms with Gasteiger partial charge >= 0.3 is 0 Å². The van der Waals surface area contributed by atoms with E-state index in [9.17, 15) is 4.79 Å². The summed E-state index contributed by atoms with van der Waals surface area (Å²) in [6, 6.07) is 7.77. The molecule has 0 aromatic heterocycles. The lowest BCUT2D eigenvalue weighted by Gasteiger charge is -2.22. The van der Waals surface area contributed by atoms with Gasteiger partial charge in [0.05, 0.1) is 0 Å². The highest BCUT2D eigenvalue weighted by Crippen LogP contribution is 2.13. The van der Waals surface area contributed by atoms with Gasteiger partial charge in [-0.1, -0.05) is 12.1 Å². The van der Waals surface area contributed by atoms with Crippen molar-refractivity contribution < 1.29 is 9.53 Å². The summed E-state index contributed by atoms with van der Waals surface area (Å²) in [5.74, 6) is 0.612. The number of hydrogen-bond donors (Lipinski definition) is 2. The third-order valence-corrected chi connectivity index (χ3v) is 3.60. The molecule has 1 unspecified atom stereocenters. The molecule has 4 nitrogen and oxygen atoms in total. The largest absolute Gasteiger partial charge is 0.372 e. The van der Waals surface area contributed by atoms with Crippen LogP contribution in [0.4, 0.5) is 5.69 Å². The molecule has 0 saturated carbocycles. The molecule has 110 valence electrons.